The topological polar surface area (TPSA) is 105 Å². The minimum absolute atomic E-state index is 0.0545. The van der Waals surface area contributed by atoms with Crippen LogP contribution >= 0.6 is 11.8 Å². The summed E-state index contributed by atoms with van der Waals surface area (Å²) in [6, 6.07) is 4.77. The van der Waals surface area contributed by atoms with Crippen LogP contribution in [0.15, 0.2) is 23.4 Å². The highest BCUT2D eigenvalue weighted by molar-refractivity contribution is 7.98. The Morgan fingerprint density at radius 1 is 1.62 bits per heavy atom. The molecule has 0 saturated carbocycles. The Morgan fingerprint density at radius 3 is 2.76 bits per heavy atom. The van der Waals surface area contributed by atoms with E-state index in [2.05, 4.69) is 5.16 Å². The molecule has 7 nitrogen and oxygen atoms in total. The highest BCUT2D eigenvalue weighted by Crippen LogP contribution is 2.30. The smallest absolute Gasteiger partial charge is 0.293 e. The second kappa shape index (κ2) is 7.72. The summed E-state index contributed by atoms with van der Waals surface area (Å²) in [6.45, 7) is 2.05. The first-order valence-corrected chi connectivity index (χ1v) is 7.83. The lowest BCUT2D eigenvalue weighted by molar-refractivity contribution is -0.384. The molecule has 1 aromatic carbocycles. The van der Waals surface area contributed by atoms with E-state index < -0.39 is 4.92 Å². The molecule has 0 aliphatic carbocycles. The molecule has 0 aliphatic rings. The van der Waals surface area contributed by atoms with Gasteiger partial charge in [0.25, 0.3) is 5.69 Å². The van der Waals surface area contributed by atoms with Crippen molar-refractivity contribution in [3.05, 3.63) is 33.9 Å². The lowest BCUT2D eigenvalue weighted by Gasteiger charge is -2.28. The molecule has 8 heteroatoms. The summed E-state index contributed by atoms with van der Waals surface area (Å²) in [5, 5.41) is 22.8. The van der Waals surface area contributed by atoms with Crippen LogP contribution in [0.3, 0.4) is 0 Å². The number of anilines is 1. The summed E-state index contributed by atoms with van der Waals surface area (Å²) in [4.78, 5) is 12.7. The molecule has 0 heterocycles. The Balaban J connectivity index is 3.26. The number of nitrogens with two attached hydrogens (primary N) is 1. The van der Waals surface area contributed by atoms with Gasteiger partial charge in [-0.05, 0) is 24.8 Å². The van der Waals surface area contributed by atoms with Gasteiger partial charge in [-0.25, -0.2) is 0 Å². The second-order valence-electron chi connectivity index (χ2n) is 4.57. The number of hydrogen-bond donors (Lipinski definition) is 2. The molecule has 0 fully saturated rings. The van der Waals surface area contributed by atoms with E-state index in [-0.39, 0.29) is 17.6 Å². The number of thioether (sulfide) groups is 1. The summed E-state index contributed by atoms with van der Waals surface area (Å²) < 4.78 is 0. The van der Waals surface area contributed by atoms with E-state index in [9.17, 15) is 10.1 Å². The molecule has 1 rings (SSSR count). The van der Waals surface area contributed by atoms with E-state index in [1.54, 1.807) is 23.9 Å². The molecule has 1 aromatic rings. The maximum Gasteiger partial charge on any atom is 0.293 e. The zero-order valence-corrected chi connectivity index (χ0v) is 13.1. The third-order valence-corrected chi connectivity index (χ3v) is 4.05. The number of nitro groups is 1. The van der Waals surface area contributed by atoms with E-state index in [1.165, 1.54) is 6.07 Å². The highest BCUT2D eigenvalue weighted by Gasteiger charge is 2.23. The average molecular weight is 312 g/mol. The lowest BCUT2D eigenvalue weighted by atomic mass is 10.1. The van der Waals surface area contributed by atoms with Crippen molar-refractivity contribution < 1.29 is 10.1 Å². The van der Waals surface area contributed by atoms with Crippen molar-refractivity contribution in [3.63, 3.8) is 0 Å². The van der Waals surface area contributed by atoms with Crippen LogP contribution in [0, 0.1) is 10.1 Å². The molecule has 1 unspecified atom stereocenters. The zero-order chi connectivity index (χ0) is 16.0. The zero-order valence-electron chi connectivity index (χ0n) is 12.3. The molecular weight excluding hydrogens is 292 g/mol. The normalized spacial score (nSPS) is 13.0. The van der Waals surface area contributed by atoms with Gasteiger partial charge in [0, 0.05) is 30.5 Å². The van der Waals surface area contributed by atoms with Crippen molar-refractivity contribution in [1.29, 1.82) is 0 Å². The van der Waals surface area contributed by atoms with Gasteiger partial charge in [0.2, 0.25) is 0 Å². The monoisotopic (exact) mass is 312 g/mol. The molecule has 0 radical (unpaired) electrons. The molecule has 0 spiro atoms. The average Bonchev–Trinajstić information content (AvgIpc) is 2.50. The standard InChI is InChI=1S/C13H20N4O3S/c1-4-10(8-21-3)16(2)11-6-5-9(13(14)15-18)7-12(11)17(19)20/h5-7,10,18H,4,8H2,1-3H3,(H2,14,15). The number of oxime groups is 1. The fourth-order valence-electron chi connectivity index (χ4n) is 2.08. The van der Waals surface area contributed by atoms with Gasteiger partial charge in [-0.3, -0.25) is 10.1 Å². The van der Waals surface area contributed by atoms with Crippen molar-refractivity contribution in [2.75, 3.05) is 24.0 Å². The Labute approximate surface area is 128 Å². The Hall–Kier alpha value is -1.96. The van der Waals surface area contributed by atoms with Crippen LogP contribution < -0.4 is 10.6 Å². The first-order chi connectivity index (χ1) is 9.96. The molecule has 0 aromatic heterocycles. The van der Waals surface area contributed by atoms with Crippen molar-refractivity contribution in [2.45, 2.75) is 19.4 Å². The number of nitro benzene ring substituents is 1. The van der Waals surface area contributed by atoms with Crippen LogP contribution in [0.1, 0.15) is 18.9 Å². The number of nitrogens with zero attached hydrogens (tertiary/aromatic N) is 3. The third-order valence-electron chi connectivity index (χ3n) is 3.33. The molecule has 0 saturated heterocycles. The minimum atomic E-state index is -0.453. The summed E-state index contributed by atoms with van der Waals surface area (Å²) in [5.74, 6) is 0.732. The quantitative estimate of drug-likeness (QED) is 0.263. The van der Waals surface area contributed by atoms with E-state index in [0.717, 1.165) is 12.2 Å². The van der Waals surface area contributed by atoms with Crippen LogP contribution in [0.25, 0.3) is 0 Å². The fourth-order valence-corrected chi connectivity index (χ4v) is 2.92. The van der Waals surface area contributed by atoms with Crippen LogP contribution in [0.2, 0.25) is 0 Å². The van der Waals surface area contributed by atoms with Crippen molar-refractivity contribution in [3.8, 4) is 0 Å². The molecule has 21 heavy (non-hydrogen) atoms. The van der Waals surface area contributed by atoms with Gasteiger partial charge >= 0.3 is 0 Å². The van der Waals surface area contributed by atoms with Gasteiger partial charge in [-0.2, -0.15) is 11.8 Å². The summed E-state index contributed by atoms with van der Waals surface area (Å²) in [5.41, 5.74) is 6.27. The van der Waals surface area contributed by atoms with Gasteiger partial charge in [-0.15, -0.1) is 0 Å². The molecule has 1 atom stereocenters. The van der Waals surface area contributed by atoms with Crippen LogP contribution in [-0.4, -0.2) is 41.1 Å². The van der Waals surface area contributed by atoms with E-state index in [1.807, 2.05) is 25.1 Å². The molecule has 0 bridgehead atoms. The van der Waals surface area contributed by atoms with Crippen molar-refractivity contribution in [1.82, 2.24) is 0 Å². The van der Waals surface area contributed by atoms with E-state index >= 15 is 0 Å². The van der Waals surface area contributed by atoms with Crippen molar-refractivity contribution >= 4 is 29.0 Å². The Kier molecular flexibility index (Phi) is 6.29. The second-order valence-corrected chi connectivity index (χ2v) is 5.48. The van der Waals surface area contributed by atoms with Gasteiger partial charge in [0.1, 0.15) is 5.69 Å². The predicted molar refractivity (Wildman–Crippen MR) is 86.5 cm³/mol. The Morgan fingerprint density at radius 2 is 2.29 bits per heavy atom. The van der Waals surface area contributed by atoms with E-state index in [0.29, 0.717) is 11.3 Å². The number of benzene rings is 1. The van der Waals surface area contributed by atoms with Crippen LogP contribution in [0.5, 0.6) is 0 Å². The van der Waals surface area contributed by atoms with Gasteiger partial charge in [0.15, 0.2) is 5.84 Å². The first kappa shape index (κ1) is 17.1. The summed E-state index contributed by atoms with van der Waals surface area (Å²) >= 11 is 1.70. The number of rotatable bonds is 7. The summed E-state index contributed by atoms with van der Waals surface area (Å²) in [7, 11) is 1.84. The maximum absolute atomic E-state index is 11.3. The Bertz CT molecular complexity index is 536. The van der Waals surface area contributed by atoms with E-state index in [4.69, 9.17) is 10.9 Å². The number of hydrogen-bond acceptors (Lipinski definition) is 6. The van der Waals surface area contributed by atoms with Gasteiger partial charge in [-0.1, -0.05) is 12.1 Å². The van der Waals surface area contributed by atoms with Crippen LogP contribution in [0.4, 0.5) is 11.4 Å². The van der Waals surface area contributed by atoms with Gasteiger partial charge < -0.3 is 15.8 Å². The van der Waals surface area contributed by atoms with Gasteiger partial charge in [0.05, 0.1) is 4.92 Å². The molecule has 3 N–H and O–H groups in total. The maximum atomic E-state index is 11.3. The fraction of sp³-hybridized carbons (Fsp3) is 0.462. The molecule has 0 amide bonds. The lowest BCUT2D eigenvalue weighted by Crippen LogP contribution is -2.33. The molecular formula is C13H20N4O3S. The van der Waals surface area contributed by atoms with Crippen molar-refractivity contribution in [2.24, 2.45) is 10.9 Å². The predicted octanol–water partition coefficient (Wildman–Crippen LogP) is 2.27. The highest BCUT2D eigenvalue weighted by atomic mass is 32.2. The summed E-state index contributed by atoms with van der Waals surface area (Å²) in [6.07, 6.45) is 2.89. The first-order valence-electron chi connectivity index (χ1n) is 6.44. The minimum Gasteiger partial charge on any atom is -0.409 e. The van der Waals surface area contributed by atoms with Crippen LogP contribution in [-0.2, 0) is 0 Å². The number of amidine groups is 1. The SMILES string of the molecule is CCC(CSC)N(C)c1ccc(/C(N)=N/O)cc1[N+](=O)[O-]. The largest absolute Gasteiger partial charge is 0.409 e. The molecule has 0 aliphatic heterocycles. The third kappa shape index (κ3) is 4.01. The molecule has 116 valence electrons.